The Morgan fingerprint density at radius 2 is 1.65 bits per heavy atom. The molecule has 0 saturated heterocycles. The molecule has 0 heterocycles. The van der Waals surface area contributed by atoms with Crippen LogP contribution in [-0.4, -0.2) is 5.91 Å². The van der Waals surface area contributed by atoms with Gasteiger partial charge in [-0.05, 0) is 35.4 Å². The summed E-state index contributed by atoms with van der Waals surface area (Å²) in [4.78, 5) is 12.0. The summed E-state index contributed by atoms with van der Waals surface area (Å²) >= 11 is 5.80. The van der Waals surface area contributed by atoms with Crippen LogP contribution in [0.2, 0.25) is 5.02 Å². The molecule has 2 rings (SSSR count). The summed E-state index contributed by atoms with van der Waals surface area (Å²) in [6.07, 6.45) is 0.354. The van der Waals surface area contributed by atoms with Crippen molar-refractivity contribution in [2.24, 2.45) is 0 Å². The molecule has 20 heavy (non-hydrogen) atoms. The Morgan fingerprint density at radius 1 is 1.05 bits per heavy atom. The fraction of sp³-hybridized carbons (Fsp3) is 0.125. The zero-order valence-electron chi connectivity index (χ0n) is 10.8. The highest BCUT2D eigenvalue weighted by molar-refractivity contribution is 6.30. The molecule has 0 fully saturated rings. The van der Waals surface area contributed by atoms with Crippen LogP contribution in [0.15, 0.2) is 48.5 Å². The summed E-state index contributed by atoms with van der Waals surface area (Å²) in [5.41, 5.74) is 2.48. The van der Waals surface area contributed by atoms with E-state index < -0.39 is 0 Å². The van der Waals surface area contributed by atoms with Crippen molar-refractivity contribution >= 4 is 17.5 Å². The molecule has 0 aromatic heterocycles. The minimum Gasteiger partial charge on any atom is -0.348 e. The molecule has 3 nitrogen and oxygen atoms in total. The first-order valence-corrected chi connectivity index (χ1v) is 6.55. The Bertz CT molecular complexity index is 627. The number of amides is 1. The number of rotatable bonds is 4. The molecular formula is C16H13ClN2O. The fourth-order valence-corrected chi connectivity index (χ4v) is 1.88. The average Bonchev–Trinajstić information content (AvgIpc) is 2.47. The van der Waals surface area contributed by atoms with Crippen molar-refractivity contribution in [1.29, 1.82) is 5.26 Å². The Kier molecular flexibility index (Phi) is 4.75. The van der Waals surface area contributed by atoms with Crippen LogP contribution in [0.4, 0.5) is 0 Å². The number of nitrogens with one attached hydrogen (secondary N) is 1. The van der Waals surface area contributed by atoms with Crippen molar-refractivity contribution in [2.45, 2.75) is 13.0 Å². The van der Waals surface area contributed by atoms with E-state index in [4.69, 9.17) is 16.9 Å². The summed E-state index contributed by atoms with van der Waals surface area (Å²) in [6.45, 7) is 0.454. The molecule has 0 saturated carbocycles. The van der Waals surface area contributed by atoms with E-state index in [0.717, 1.165) is 11.1 Å². The quantitative estimate of drug-likeness (QED) is 0.936. The first kappa shape index (κ1) is 14.1. The van der Waals surface area contributed by atoms with Crippen LogP contribution < -0.4 is 5.32 Å². The number of hydrogen-bond acceptors (Lipinski definition) is 2. The topological polar surface area (TPSA) is 52.9 Å². The third kappa shape index (κ3) is 3.84. The van der Waals surface area contributed by atoms with Crippen LogP contribution in [0.5, 0.6) is 0 Å². The Labute approximate surface area is 122 Å². The van der Waals surface area contributed by atoms with E-state index in [1.54, 1.807) is 36.4 Å². The summed E-state index contributed by atoms with van der Waals surface area (Å²) in [5, 5.41) is 12.1. The second-order valence-electron chi connectivity index (χ2n) is 4.34. The first-order valence-electron chi connectivity index (χ1n) is 6.17. The van der Waals surface area contributed by atoms with Gasteiger partial charge in [-0.2, -0.15) is 5.26 Å². The van der Waals surface area contributed by atoms with Crippen LogP contribution in [-0.2, 0) is 13.0 Å². The maximum Gasteiger partial charge on any atom is 0.251 e. The van der Waals surface area contributed by atoms with Crippen molar-refractivity contribution in [2.75, 3.05) is 0 Å². The number of carbonyl (C=O) groups excluding carboxylic acids is 1. The second kappa shape index (κ2) is 6.74. The summed E-state index contributed by atoms with van der Waals surface area (Å²) in [7, 11) is 0. The molecule has 2 aromatic rings. The van der Waals surface area contributed by atoms with E-state index in [1.165, 1.54) is 0 Å². The van der Waals surface area contributed by atoms with Crippen LogP contribution in [0.3, 0.4) is 0 Å². The lowest BCUT2D eigenvalue weighted by atomic mass is 10.1. The molecule has 0 atom stereocenters. The van der Waals surface area contributed by atoms with Gasteiger partial charge in [-0.1, -0.05) is 35.9 Å². The highest BCUT2D eigenvalue weighted by Gasteiger charge is 2.05. The van der Waals surface area contributed by atoms with Gasteiger partial charge in [0.05, 0.1) is 12.5 Å². The van der Waals surface area contributed by atoms with Crippen LogP contribution in [0, 0.1) is 11.3 Å². The second-order valence-corrected chi connectivity index (χ2v) is 4.78. The van der Waals surface area contributed by atoms with Gasteiger partial charge in [0, 0.05) is 17.1 Å². The van der Waals surface area contributed by atoms with Crippen LogP contribution in [0.25, 0.3) is 0 Å². The zero-order chi connectivity index (χ0) is 14.4. The van der Waals surface area contributed by atoms with Crippen molar-refractivity contribution in [3.05, 3.63) is 70.2 Å². The largest absolute Gasteiger partial charge is 0.348 e. The number of hydrogen-bond donors (Lipinski definition) is 1. The highest BCUT2D eigenvalue weighted by Crippen LogP contribution is 2.10. The molecular weight excluding hydrogens is 272 g/mol. The van der Waals surface area contributed by atoms with Gasteiger partial charge in [-0.25, -0.2) is 0 Å². The first-order chi connectivity index (χ1) is 9.69. The molecule has 2 aromatic carbocycles. The Balaban J connectivity index is 1.94. The van der Waals surface area contributed by atoms with E-state index >= 15 is 0 Å². The molecule has 0 unspecified atom stereocenters. The molecule has 0 aliphatic carbocycles. The monoisotopic (exact) mass is 284 g/mol. The summed E-state index contributed by atoms with van der Waals surface area (Å²) in [5.74, 6) is -0.136. The van der Waals surface area contributed by atoms with E-state index in [1.807, 2.05) is 12.1 Å². The van der Waals surface area contributed by atoms with Gasteiger partial charge in [0.1, 0.15) is 0 Å². The average molecular weight is 285 g/mol. The third-order valence-electron chi connectivity index (χ3n) is 2.87. The number of benzene rings is 2. The molecule has 0 bridgehead atoms. The summed E-state index contributed by atoms with van der Waals surface area (Å²) < 4.78 is 0. The molecule has 0 aliphatic rings. The predicted molar refractivity (Wildman–Crippen MR) is 78.4 cm³/mol. The molecule has 0 radical (unpaired) electrons. The van der Waals surface area contributed by atoms with Gasteiger partial charge in [0.15, 0.2) is 0 Å². The molecule has 0 aliphatic heterocycles. The zero-order valence-corrected chi connectivity index (χ0v) is 11.5. The number of nitrogens with zero attached hydrogens (tertiary/aromatic N) is 1. The third-order valence-corrected chi connectivity index (χ3v) is 3.12. The Hall–Kier alpha value is -2.31. The lowest BCUT2D eigenvalue weighted by molar-refractivity contribution is 0.0951. The number of nitriles is 1. The maximum absolute atomic E-state index is 12.0. The molecule has 100 valence electrons. The highest BCUT2D eigenvalue weighted by atomic mass is 35.5. The lowest BCUT2D eigenvalue weighted by Crippen LogP contribution is -2.22. The van der Waals surface area contributed by atoms with Crippen molar-refractivity contribution in [3.63, 3.8) is 0 Å². The van der Waals surface area contributed by atoms with Gasteiger partial charge in [-0.15, -0.1) is 0 Å². The van der Waals surface area contributed by atoms with Crippen molar-refractivity contribution < 1.29 is 4.79 Å². The SMILES string of the molecule is N#CCc1ccc(C(=O)NCc2ccc(Cl)cc2)cc1. The van der Waals surface area contributed by atoms with Gasteiger partial charge in [0.2, 0.25) is 0 Å². The number of carbonyl (C=O) groups is 1. The summed E-state index contributed by atoms with van der Waals surface area (Å²) in [6, 6.07) is 16.4. The normalized spacial score (nSPS) is 9.80. The van der Waals surface area contributed by atoms with Gasteiger partial charge in [-0.3, -0.25) is 4.79 Å². The molecule has 0 spiro atoms. The van der Waals surface area contributed by atoms with Crippen LogP contribution >= 0.6 is 11.6 Å². The minimum absolute atomic E-state index is 0.136. The van der Waals surface area contributed by atoms with Crippen LogP contribution in [0.1, 0.15) is 21.5 Å². The molecule has 1 N–H and O–H groups in total. The minimum atomic E-state index is -0.136. The predicted octanol–water partition coefficient (Wildman–Crippen LogP) is 3.34. The smallest absolute Gasteiger partial charge is 0.251 e. The molecule has 1 amide bonds. The van der Waals surface area contributed by atoms with Gasteiger partial charge >= 0.3 is 0 Å². The van der Waals surface area contributed by atoms with E-state index in [0.29, 0.717) is 23.6 Å². The fourth-order valence-electron chi connectivity index (χ4n) is 1.75. The van der Waals surface area contributed by atoms with Gasteiger partial charge in [0.25, 0.3) is 5.91 Å². The Morgan fingerprint density at radius 3 is 2.25 bits per heavy atom. The molecule has 4 heteroatoms. The van der Waals surface area contributed by atoms with E-state index in [-0.39, 0.29) is 5.91 Å². The lowest BCUT2D eigenvalue weighted by Gasteiger charge is -2.06. The van der Waals surface area contributed by atoms with Crippen molar-refractivity contribution in [3.8, 4) is 6.07 Å². The number of halogens is 1. The van der Waals surface area contributed by atoms with E-state index in [9.17, 15) is 4.79 Å². The van der Waals surface area contributed by atoms with E-state index in [2.05, 4.69) is 11.4 Å². The van der Waals surface area contributed by atoms with Crippen molar-refractivity contribution in [1.82, 2.24) is 5.32 Å². The maximum atomic E-state index is 12.0. The van der Waals surface area contributed by atoms with Gasteiger partial charge < -0.3 is 5.32 Å². The standard InChI is InChI=1S/C16H13ClN2O/c17-15-7-3-13(4-8-15)11-19-16(20)14-5-1-12(2-6-14)9-10-18/h1-8H,9,11H2,(H,19,20).